The molecular formula is C21H20FNO4. The Hall–Kier alpha value is -3.02. The molecule has 0 bridgehead atoms. The fraction of sp³-hybridized carbons (Fsp3) is 0.286. The Morgan fingerprint density at radius 2 is 1.93 bits per heavy atom. The number of ether oxygens (including phenoxy) is 1. The molecule has 2 aromatic carbocycles. The van der Waals surface area contributed by atoms with Gasteiger partial charge in [-0.1, -0.05) is 18.2 Å². The Morgan fingerprint density at radius 3 is 2.63 bits per heavy atom. The quantitative estimate of drug-likeness (QED) is 0.600. The van der Waals surface area contributed by atoms with Crippen molar-refractivity contribution >= 4 is 23.3 Å². The van der Waals surface area contributed by atoms with Gasteiger partial charge in [0.1, 0.15) is 5.82 Å². The molecule has 1 unspecified atom stereocenters. The SMILES string of the molecule is CC(=O)N1CCc2cc(C(=O)C(C)OC(=O)Cc3ccccc3F)ccc21. The van der Waals surface area contributed by atoms with Crippen molar-refractivity contribution in [3.8, 4) is 0 Å². The van der Waals surface area contributed by atoms with E-state index in [2.05, 4.69) is 0 Å². The van der Waals surface area contributed by atoms with Crippen molar-refractivity contribution < 1.29 is 23.5 Å². The van der Waals surface area contributed by atoms with Gasteiger partial charge in [-0.05, 0) is 48.7 Å². The molecule has 0 spiro atoms. The van der Waals surface area contributed by atoms with Crippen LogP contribution < -0.4 is 4.90 Å². The number of anilines is 1. The first-order chi connectivity index (χ1) is 12.9. The second-order valence-electron chi connectivity index (χ2n) is 6.53. The summed E-state index contributed by atoms with van der Waals surface area (Å²) in [6.07, 6.45) is -0.535. The van der Waals surface area contributed by atoms with E-state index in [4.69, 9.17) is 4.74 Å². The molecule has 1 amide bonds. The van der Waals surface area contributed by atoms with Crippen LogP contribution in [0.25, 0.3) is 0 Å². The zero-order valence-electron chi connectivity index (χ0n) is 15.2. The maximum Gasteiger partial charge on any atom is 0.311 e. The van der Waals surface area contributed by atoms with Crippen LogP contribution in [0.15, 0.2) is 42.5 Å². The van der Waals surface area contributed by atoms with E-state index in [0.717, 1.165) is 11.3 Å². The molecular weight excluding hydrogens is 349 g/mol. The van der Waals surface area contributed by atoms with Gasteiger partial charge in [-0.15, -0.1) is 0 Å². The van der Waals surface area contributed by atoms with Gasteiger partial charge in [0.2, 0.25) is 11.7 Å². The number of amides is 1. The highest BCUT2D eigenvalue weighted by Crippen LogP contribution is 2.29. The maximum absolute atomic E-state index is 13.6. The lowest BCUT2D eigenvalue weighted by atomic mass is 10.0. The lowest BCUT2D eigenvalue weighted by molar-refractivity contribution is -0.145. The van der Waals surface area contributed by atoms with Crippen molar-refractivity contribution in [2.75, 3.05) is 11.4 Å². The number of esters is 1. The third kappa shape index (κ3) is 4.05. The molecule has 0 aliphatic carbocycles. The van der Waals surface area contributed by atoms with Crippen molar-refractivity contribution in [1.82, 2.24) is 0 Å². The maximum atomic E-state index is 13.6. The number of Topliss-reactive ketones (excluding diaryl/α,β-unsaturated/α-hetero) is 1. The van der Waals surface area contributed by atoms with Crippen molar-refractivity contribution in [3.63, 3.8) is 0 Å². The molecule has 1 aliphatic rings. The fourth-order valence-corrected chi connectivity index (χ4v) is 3.21. The van der Waals surface area contributed by atoms with Crippen LogP contribution in [0, 0.1) is 5.82 Å². The molecule has 0 saturated heterocycles. The summed E-state index contributed by atoms with van der Waals surface area (Å²) >= 11 is 0. The summed E-state index contributed by atoms with van der Waals surface area (Å²) in [5.41, 5.74) is 2.37. The lowest BCUT2D eigenvalue weighted by Crippen LogP contribution is -2.26. The van der Waals surface area contributed by atoms with Crippen molar-refractivity contribution in [1.29, 1.82) is 0 Å². The number of carbonyl (C=O) groups excluding carboxylic acids is 3. The molecule has 3 rings (SSSR count). The molecule has 5 nitrogen and oxygen atoms in total. The summed E-state index contributed by atoms with van der Waals surface area (Å²) < 4.78 is 18.8. The van der Waals surface area contributed by atoms with Crippen LogP contribution >= 0.6 is 0 Å². The Labute approximate surface area is 156 Å². The first-order valence-corrected chi connectivity index (χ1v) is 8.75. The largest absolute Gasteiger partial charge is 0.454 e. The van der Waals surface area contributed by atoms with Crippen LogP contribution in [0.1, 0.15) is 35.3 Å². The molecule has 0 aromatic heterocycles. The van der Waals surface area contributed by atoms with Crippen molar-refractivity contribution in [2.24, 2.45) is 0 Å². The van der Waals surface area contributed by atoms with Gasteiger partial charge < -0.3 is 9.64 Å². The Kier molecular flexibility index (Phi) is 5.35. The highest BCUT2D eigenvalue weighted by atomic mass is 19.1. The zero-order valence-corrected chi connectivity index (χ0v) is 15.2. The van der Waals surface area contributed by atoms with E-state index in [0.29, 0.717) is 18.5 Å². The molecule has 1 heterocycles. The highest BCUT2D eigenvalue weighted by molar-refractivity contribution is 6.02. The van der Waals surface area contributed by atoms with E-state index < -0.39 is 17.9 Å². The number of ketones is 1. The van der Waals surface area contributed by atoms with Crippen LogP contribution in [0.5, 0.6) is 0 Å². The summed E-state index contributed by atoms with van der Waals surface area (Å²) in [6.45, 7) is 3.59. The van der Waals surface area contributed by atoms with Gasteiger partial charge in [0.25, 0.3) is 0 Å². The van der Waals surface area contributed by atoms with Crippen LogP contribution in [0.2, 0.25) is 0 Å². The van der Waals surface area contributed by atoms with E-state index in [-0.39, 0.29) is 23.7 Å². The number of benzene rings is 2. The van der Waals surface area contributed by atoms with Gasteiger partial charge in [-0.2, -0.15) is 0 Å². The number of nitrogens with zero attached hydrogens (tertiary/aromatic N) is 1. The Morgan fingerprint density at radius 1 is 1.19 bits per heavy atom. The van der Waals surface area contributed by atoms with Gasteiger partial charge in [-0.25, -0.2) is 4.39 Å². The van der Waals surface area contributed by atoms with Gasteiger partial charge in [0, 0.05) is 24.7 Å². The number of fused-ring (bicyclic) bond motifs is 1. The van der Waals surface area contributed by atoms with Gasteiger partial charge in [0.05, 0.1) is 6.42 Å². The predicted octanol–water partition coefficient (Wildman–Crippen LogP) is 3.09. The molecule has 1 aliphatic heterocycles. The summed E-state index contributed by atoms with van der Waals surface area (Å²) in [7, 11) is 0. The van der Waals surface area contributed by atoms with Gasteiger partial charge in [-0.3, -0.25) is 14.4 Å². The molecule has 6 heteroatoms. The fourth-order valence-electron chi connectivity index (χ4n) is 3.21. The summed E-state index contributed by atoms with van der Waals surface area (Å²) in [4.78, 5) is 37.9. The average Bonchev–Trinajstić information content (AvgIpc) is 3.06. The monoisotopic (exact) mass is 369 g/mol. The lowest BCUT2D eigenvalue weighted by Gasteiger charge is -2.16. The molecule has 0 N–H and O–H groups in total. The van der Waals surface area contributed by atoms with Crippen LogP contribution in [0.4, 0.5) is 10.1 Å². The third-order valence-corrected chi connectivity index (χ3v) is 4.61. The average molecular weight is 369 g/mol. The Balaban J connectivity index is 1.66. The van der Waals surface area contributed by atoms with E-state index in [9.17, 15) is 18.8 Å². The zero-order chi connectivity index (χ0) is 19.6. The summed E-state index contributed by atoms with van der Waals surface area (Å²) in [5.74, 6) is -1.52. The first-order valence-electron chi connectivity index (χ1n) is 8.75. The molecule has 0 fully saturated rings. The van der Waals surface area contributed by atoms with Crippen LogP contribution in [-0.2, 0) is 27.2 Å². The van der Waals surface area contributed by atoms with Gasteiger partial charge >= 0.3 is 5.97 Å². The van der Waals surface area contributed by atoms with E-state index in [1.165, 1.54) is 32.0 Å². The van der Waals surface area contributed by atoms with E-state index >= 15 is 0 Å². The molecule has 0 radical (unpaired) electrons. The molecule has 1 atom stereocenters. The van der Waals surface area contributed by atoms with Crippen molar-refractivity contribution in [2.45, 2.75) is 32.8 Å². The minimum Gasteiger partial charge on any atom is -0.454 e. The Bertz CT molecular complexity index is 909. The van der Waals surface area contributed by atoms with Crippen molar-refractivity contribution in [3.05, 3.63) is 65.0 Å². The molecule has 140 valence electrons. The van der Waals surface area contributed by atoms with E-state index in [1.807, 2.05) is 0 Å². The number of hydrogen-bond acceptors (Lipinski definition) is 4. The summed E-state index contributed by atoms with van der Waals surface area (Å²) in [6, 6.07) is 11.1. The number of rotatable bonds is 5. The standard InChI is InChI=1S/C21H20FNO4/c1-13(27-20(25)12-15-5-3-4-6-18(15)22)21(26)17-7-8-19-16(11-17)9-10-23(19)14(2)24/h3-8,11,13H,9-10,12H2,1-2H3. The van der Waals surface area contributed by atoms with Crippen LogP contribution in [-0.4, -0.2) is 30.3 Å². The molecule has 27 heavy (non-hydrogen) atoms. The minimum absolute atomic E-state index is 0.0386. The molecule has 2 aromatic rings. The summed E-state index contributed by atoms with van der Waals surface area (Å²) in [5, 5.41) is 0. The molecule has 0 saturated carbocycles. The minimum atomic E-state index is -0.979. The second kappa shape index (κ2) is 7.70. The van der Waals surface area contributed by atoms with Crippen LogP contribution in [0.3, 0.4) is 0 Å². The first kappa shape index (κ1) is 18.8. The second-order valence-corrected chi connectivity index (χ2v) is 6.53. The number of carbonyl (C=O) groups is 3. The van der Waals surface area contributed by atoms with E-state index in [1.54, 1.807) is 29.2 Å². The number of halogens is 1. The predicted molar refractivity (Wildman–Crippen MR) is 98.2 cm³/mol. The normalized spacial score (nSPS) is 13.8. The topological polar surface area (TPSA) is 63.7 Å². The smallest absolute Gasteiger partial charge is 0.311 e. The highest BCUT2D eigenvalue weighted by Gasteiger charge is 2.25. The number of hydrogen-bond donors (Lipinski definition) is 0. The third-order valence-electron chi connectivity index (χ3n) is 4.61. The van der Waals surface area contributed by atoms with Gasteiger partial charge in [0.15, 0.2) is 6.10 Å².